The molecule has 0 bridgehead atoms. The van der Waals surface area contributed by atoms with Crippen molar-refractivity contribution in [2.75, 3.05) is 6.61 Å². The van der Waals surface area contributed by atoms with Gasteiger partial charge in [0.15, 0.2) is 0 Å². The summed E-state index contributed by atoms with van der Waals surface area (Å²) >= 11 is 2.98. The highest BCUT2D eigenvalue weighted by Gasteiger charge is 2.25. The molecule has 1 heterocycles. The smallest absolute Gasteiger partial charge is 0.364 e. The van der Waals surface area contributed by atoms with E-state index >= 15 is 0 Å². The lowest BCUT2D eigenvalue weighted by atomic mass is 10.3. The van der Waals surface area contributed by atoms with Crippen LogP contribution in [-0.2, 0) is 4.74 Å². The molecule has 0 fully saturated rings. The first kappa shape index (κ1) is 11.6. The van der Waals surface area contributed by atoms with Gasteiger partial charge in [0.1, 0.15) is 0 Å². The molecule has 0 atom stereocenters. The lowest BCUT2D eigenvalue weighted by Crippen LogP contribution is -2.10. The zero-order valence-electron chi connectivity index (χ0n) is 7.77. The van der Waals surface area contributed by atoms with Crippen molar-refractivity contribution in [2.45, 2.75) is 6.92 Å². The number of halogens is 1. The van der Waals surface area contributed by atoms with E-state index in [1.54, 1.807) is 6.92 Å². The van der Waals surface area contributed by atoms with Gasteiger partial charge >= 0.3 is 11.7 Å². The van der Waals surface area contributed by atoms with Gasteiger partial charge in [0.05, 0.1) is 16.0 Å². The van der Waals surface area contributed by atoms with Gasteiger partial charge in [-0.15, -0.1) is 0 Å². The van der Waals surface area contributed by atoms with Gasteiger partial charge in [0.2, 0.25) is 5.69 Å². The maximum Gasteiger partial charge on any atom is 0.364 e. The Morgan fingerprint density at radius 2 is 2.40 bits per heavy atom. The topological polar surface area (TPSA) is 82.3 Å². The molecule has 0 saturated carbocycles. The van der Waals surface area contributed by atoms with Crippen LogP contribution in [-0.4, -0.2) is 22.5 Å². The van der Waals surface area contributed by atoms with Crippen LogP contribution in [0.3, 0.4) is 0 Å². The molecule has 1 aromatic heterocycles. The number of ether oxygens (including phenoxy) is 1. The quantitative estimate of drug-likeness (QED) is 0.478. The van der Waals surface area contributed by atoms with E-state index < -0.39 is 10.9 Å². The van der Waals surface area contributed by atoms with Crippen molar-refractivity contribution in [3.05, 3.63) is 32.5 Å². The molecule has 0 N–H and O–H groups in total. The zero-order valence-corrected chi connectivity index (χ0v) is 9.35. The average molecular weight is 275 g/mol. The maximum absolute atomic E-state index is 11.3. The fourth-order valence-corrected chi connectivity index (χ4v) is 1.40. The Labute approximate surface area is 93.5 Å². The Morgan fingerprint density at radius 3 is 2.93 bits per heavy atom. The van der Waals surface area contributed by atoms with Gasteiger partial charge in [-0.3, -0.25) is 10.1 Å². The second kappa shape index (κ2) is 4.83. The minimum atomic E-state index is -0.800. The summed E-state index contributed by atoms with van der Waals surface area (Å²) in [5, 5.41) is 10.7. The monoisotopic (exact) mass is 274 g/mol. The van der Waals surface area contributed by atoms with Crippen LogP contribution in [0.25, 0.3) is 0 Å². The Hall–Kier alpha value is -1.50. The third kappa shape index (κ3) is 2.50. The summed E-state index contributed by atoms with van der Waals surface area (Å²) in [4.78, 5) is 24.9. The van der Waals surface area contributed by atoms with Crippen LogP contribution >= 0.6 is 15.9 Å². The van der Waals surface area contributed by atoms with E-state index in [2.05, 4.69) is 25.7 Å². The van der Waals surface area contributed by atoms with E-state index in [4.69, 9.17) is 0 Å². The van der Waals surface area contributed by atoms with Crippen LogP contribution in [0.4, 0.5) is 5.69 Å². The van der Waals surface area contributed by atoms with Crippen LogP contribution in [0.5, 0.6) is 0 Å². The molecule has 1 aromatic rings. The highest BCUT2D eigenvalue weighted by atomic mass is 79.9. The van der Waals surface area contributed by atoms with E-state index in [1.807, 2.05) is 0 Å². The normalized spacial score (nSPS) is 9.73. The molecule has 0 radical (unpaired) electrons. The van der Waals surface area contributed by atoms with Gasteiger partial charge < -0.3 is 4.74 Å². The number of aromatic nitrogens is 1. The van der Waals surface area contributed by atoms with E-state index in [1.165, 1.54) is 12.3 Å². The predicted molar refractivity (Wildman–Crippen MR) is 54.5 cm³/mol. The first-order valence-corrected chi connectivity index (χ1v) is 4.83. The van der Waals surface area contributed by atoms with Crippen molar-refractivity contribution in [1.82, 2.24) is 4.98 Å². The van der Waals surface area contributed by atoms with E-state index in [0.717, 1.165) is 0 Å². The Morgan fingerprint density at radius 1 is 1.73 bits per heavy atom. The van der Waals surface area contributed by atoms with Gasteiger partial charge in [0.25, 0.3) is 0 Å². The summed E-state index contributed by atoms with van der Waals surface area (Å²) in [6.45, 7) is 1.76. The number of carbonyl (C=O) groups excluding carboxylic acids is 1. The standard InChI is InChI=1S/C8H7BrN2O4/c1-2-15-8(12)6-7(11(13)14)5(9)3-4-10-6/h3-4H,2H2,1H3. The maximum atomic E-state index is 11.3. The molecule has 0 aliphatic heterocycles. The lowest BCUT2D eigenvalue weighted by molar-refractivity contribution is -0.386. The molecule has 1 rings (SSSR count). The molecule has 0 amide bonds. The summed E-state index contributed by atoms with van der Waals surface area (Å²) < 4.78 is 4.85. The second-order valence-electron chi connectivity index (χ2n) is 2.47. The van der Waals surface area contributed by atoms with Crippen LogP contribution in [0, 0.1) is 10.1 Å². The van der Waals surface area contributed by atoms with Crippen molar-refractivity contribution < 1.29 is 14.5 Å². The van der Waals surface area contributed by atoms with E-state index in [-0.39, 0.29) is 22.5 Å². The van der Waals surface area contributed by atoms with Crippen molar-refractivity contribution in [3.8, 4) is 0 Å². The number of esters is 1. The van der Waals surface area contributed by atoms with E-state index in [9.17, 15) is 14.9 Å². The third-order valence-electron chi connectivity index (χ3n) is 1.53. The molecule has 0 saturated heterocycles. The number of rotatable bonds is 3. The number of pyridine rings is 1. The third-order valence-corrected chi connectivity index (χ3v) is 2.17. The molecule has 0 spiro atoms. The van der Waals surface area contributed by atoms with Crippen LogP contribution in [0.1, 0.15) is 17.4 Å². The summed E-state index contributed by atoms with van der Waals surface area (Å²) in [7, 11) is 0. The molecule has 15 heavy (non-hydrogen) atoms. The zero-order chi connectivity index (χ0) is 11.4. The first-order valence-electron chi connectivity index (χ1n) is 4.04. The van der Waals surface area contributed by atoms with Crippen molar-refractivity contribution in [1.29, 1.82) is 0 Å². The summed E-state index contributed by atoms with van der Waals surface area (Å²) in [5.74, 6) is -0.800. The molecular formula is C8H7BrN2O4. The van der Waals surface area contributed by atoms with Gasteiger partial charge in [-0.25, -0.2) is 9.78 Å². The molecule has 0 unspecified atom stereocenters. The fraction of sp³-hybridized carbons (Fsp3) is 0.250. The van der Waals surface area contributed by atoms with Crippen molar-refractivity contribution in [2.24, 2.45) is 0 Å². The SMILES string of the molecule is CCOC(=O)c1nccc(Br)c1[N+](=O)[O-]. The molecule has 0 aliphatic carbocycles. The molecular weight excluding hydrogens is 268 g/mol. The molecule has 7 heteroatoms. The second-order valence-corrected chi connectivity index (χ2v) is 3.32. The molecule has 80 valence electrons. The number of hydrogen-bond donors (Lipinski definition) is 0. The largest absolute Gasteiger partial charge is 0.461 e. The Bertz CT molecular complexity index is 408. The highest BCUT2D eigenvalue weighted by Crippen LogP contribution is 2.27. The minimum Gasteiger partial charge on any atom is -0.461 e. The van der Waals surface area contributed by atoms with Crippen LogP contribution in [0.15, 0.2) is 16.7 Å². The lowest BCUT2D eigenvalue weighted by Gasteiger charge is -2.02. The molecule has 0 aromatic carbocycles. The first-order chi connectivity index (χ1) is 7.07. The molecule has 6 nitrogen and oxygen atoms in total. The number of nitrogens with zero attached hydrogens (tertiary/aromatic N) is 2. The van der Waals surface area contributed by atoms with Crippen molar-refractivity contribution in [3.63, 3.8) is 0 Å². The van der Waals surface area contributed by atoms with E-state index in [0.29, 0.717) is 0 Å². The number of nitro groups is 1. The van der Waals surface area contributed by atoms with Gasteiger partial charge in [0, 0.05) is 6.20 Å². The Balaban J connectivity index is 3.23. The van der Waals surface area contributed by atoms with Gasteiger partial charge in [-0.1, -0.05) is 0 Å². The summed E-state index contributed by atoms with van der Waals surface area (Å²) in [6, 6.07) is 1.39. The summed E-state index contributed by atoms with van der Waals surface area (Å²) in [5.41, 5.74) is -0.674. The molecule has 0 aliphatic rings. The average Bonchev–Trinajstić information content (AvgIpc) is 2.17. The fourth-order valence-electron chi connectivity index (χ4n) is 0.953. The van der Waals surface area contributed by atoms with Crippen LogP contribution < -0.4 is 0 Å². The number of hydrogen-bond acceptors (Lipinski definition) is 5. The van der Waals surface area contributed by atoms with Crippen molar-refractivity contribution >= 4 is 27.6 Å². The Kier molecular flexibility index (Phi) is 3.73. The predicted octanol–water partition coefficient (Wildman–Crippen LogP) is 1.93. The minimum absolute atomic E-state index is 0.143. The van der Waals surface area contributed by atoms with Gasteiger partial charge in [-0.2, -0.15) is 0 Å². The highest BCUT2D eigenvalue weighted by molar-refractivity contribution is 9.10. The van der Waals surface area contributed by atoms with Gasteiger partial charge in [-0.05, 0) is 28.9 Å². The number of carbonyl (C=O) groups is 1. The van der Waals surface area contributed by atoms with Crippen LogP contribution in [0.2, 0.25) is 0 Å². The summed E-state index contributed by atoms with van der Waals surface area (Å²) in [6.07, 6.45) is 1.29.